The second-order valence-corrected chi connectivity index (χ2v) is 32.2. The minimum Gasteiger partial charge on any atom is -0.479 e. The number of carboxylic acids is 1. The van der Waals surface area contributed by atoms with Crippen molar-refractivity contribution in [2.24, 2.45) is 0 Å². The molecular weight excluding hydrogens is 1730 g/mol. The van der Waals surface area contributed by atoms with E-state index in [1.807, 2.05) is 67.1 Å². The number of cyclic esters (lactones) is 1. The Bertz CT molecular complexity index is 5130. The molecule has 132 heavy (non-hydrogen) atoms. The van der Waals surface area contributed by atoms with Gasteiger partial charge in [-0.3, -0.25) is 24.0 Å². The SMILES string of the molecule is CC[C@@]1(O)C(=O)OCc2c1cc1n(c2=O)Cc2c-1nc1cc(F)c(C)c3c1c2[C@@H](NC(=O)OCc1ccc(O[C@@H]2O[C@H](C(=O)O)[C@@H](O)[C@H](O)[C@H]2O)c(CNC(=O)[C@H](CNC(=O)CCOCCOCCOCCOCCOCCOCCOCCOCCOCCOCCOCCOC)NC(=O)CCCCC(=O)N2Cc4ccccc4-c4c(nnn4C(C)C)-c4ccccc42)c1)CC3. The number of carbonyl (C=O) groups is 7. The number of amides is 5. The summed E-state index contributed by atoms with van der Waals surface area (Å²) in [5.74, 6) is -5.55. The lowest BCUT2D eigenvalue weighted by Gasteiger charge is -2.38. The Morgan fingerprint density at radius 3 is 1.85 bits per heavy atom. The average Bonchev–Trinajstić information content (AvgIpc) is 1.52. The maximum absolute atomic E-state index is 15.8. The molecule has 0 saturated carbocycles. The van der Waals surface area contributed by atoms with Crippen LogP contribution in [0.4, 0.5) is 14.9 Å². The molecule has 0 unspecified atom stereocenters. The van der Waals surface area contributed by atoms with E-state index < -0.39 is 115 Å². The van der Waals surface area contributed by atoms with Gasteiger partial charge in [-0.05, 0) is 105 Å². The molecule has 39 nitrogen and oxygen atoms in total. The topological polar surface area (TPSA) is 485 Å². The van der Waals surface area contributed by atoms with Crippen LogP contribution < -0.4 is 36.5 Å². The number of pyridine rings is 2. The number of aromatic nitrogens is 5. The fraction of sp³-hybridized carbons (Fsp3) is 0.554. The smallest absolute Gasteiger partial charge is 0.407 e. The molecule has 1 fully saturated rings. The molecule has 0 bridgehead atoms. The zero-order valence-electron chi connectivity index (χ0n) is 74.9. The van der Waals surface area contributed by atoms with Crippen LogP contribution >= 0.6 is 0 Å². The number of aliphatic carboxylic acids is 1. The lowest BCUT2D eigenvalue weighted by Crippen LogP contribution is -2.61. The van der Waals surface area contributed by atoms with E-state index in [0.29, 0.717) is 164 Å². The number of anilines is 1. The van der Waals surface area contributed by atoms with Gasteiger partial charge >= 0.3 is 18.0 Å². The standard InChI is InChI=1S/C92H119FN10O29/c1-6-92(116)66-48-72-79-64(53-102(72)87(111)65(66)55-129-90(92)114)78-68(21-20-61-57(4)67(93)49-69(97-79)77(61)78)98-91(115)130-54-58-19-22-73(131-89-84(109)82(107)83(108)85(132-89)88(112)113)60(47-58)50-95-86(110)70(96-75(105)17-11-12-18-76(106)101-52-59-13-7-8-14-62(59)81-80(99-100-103(81)56(2)3)63-15-9-10-16-71(63)101)51-94-74(104)23-24-118-27-28-120-31-32-122-35-36-124-39-40-126-43-44-128-46-45-127-42-41-125-38-37-123-34-33-121-30-29-119-26-25-117-5/h7-10,13-16,19,22,47-49,56,68,70,82-85,89,107-109,116H,6,11-12,17-18,20-21,23-46,50-55H2,1-5H3,(H,94,104)(H,95,110)(H,96,105)(H,98,115)(H,112,113)/t68-,70-,82-,83-,84+,85-,89+,92-/m0/s1. The number of benzene rings is 4. The first kappa shape index (κ1) is 101. The number of para-hydroxylation sites is 1. The summed E-state index contributed by atoms with van der Waals surface area (Å²) in [5, 5.41) is 74.9. The van der Waals surface area contributed by atoms with Gasteiger partial charge in [-0.15, -0.1) is 5.10 Å². The van der Waals surface area contributed by atoms with Gasteiger partial charge in [-0.2, -0.15) is 0 Å². The van der Waals surface area contributed by atoms with Crippen LogP contribution in [0.25, 0.3) is 44.8 Å². The number of esters is 1. The number of unbranched alkanes of at least 4 members (excludes halogenated alkanes) is 1. The van der Waals surface area contributed by atoms with Crippen LogP contribution in [0, 0.1) is 12.7 Å². The van der Waals surface area contributed by atoms with Crippen molar-refractivity contribution < 1.29 is 139 Å². The molecule has 12 rings (SSSR count). The lowest BCUT2D eigenvalue weighted by atomic mass is 9.81. The second-order valence-electron chi connectivity index (χ2n) is 32.2. The number of rotatable bonds is 55. The normalized spacial score (nSPS) is 18.4. The van der Waals surface area contributed by atoms with E-state index in [1.54, 1.807) is 25.9 Å². The minimum atomic E-state index is -2.13. The van der Waals surface area contributed by atoms with E-state index >= 15 is 4.39 Å². The van der Waals surface area contributed by atoms with Crippen LogP contribution in [0.15, 0.2) is 83.7 Å². The number of nitrogens with one attached hydrogen (secondary N) is 4. The molecule has 5 amide bonds. The fourth-order valence-corrected chi connectivity index (χ4v) is 16.0. The Kier molecular flexibility index (Phi) is 38.1. The lowest BCUT2D eigenvalue weighted by molar-refractivity contribution is -0.271. The third-order valence-electron chi connectivity index (χ3n) is 23.0. The number of methoxy groups -OCH3 is 1. The number of aryl methyl sites for hydroxylation is 1. The van der Waals surface area contributed by atoms with Gasteiger partial charge in [0.05, 0.1) is 205 Å². The van der Waals surface area contributed by atoms with E-state index in [9.17, 15) is 63.9 Å². The summed E-state index contributed by atoms with van der Waals surface area (Å²) in [5.41, 5.74) is 5.26. The number of ether oxygens (including phenoxy) is 16. The first-order valence-electron chi connectivity index (χ1n) is 44.6. The first-order chi connectivity index (χ1) is 64.0. The summed E-state index contributed by atoms with van der Waals surface area (Å²) in [6.45, 7) is 14.4. The molecule has 0 spiro atoms. The van der Waals surface area contributed by atoms with E-state index in [4.69, 9.17) is 80.8 Å². The van der Waals surface area contributed by atoms with Crippen molar-refractivity contribution in [2.75, 3.05) is 171 Å². The van der Waals surface area contributed by atoms with Gasteiger partial charge in [0.25, 0.3) is 5.56 Å². The average molecular weight is 1850 g/mol. The quantitative estimate of drug-likeness (QED) is 0.0183. The van der Waals surface area contributed by atoms with Gasteiger partial charge < -0.3 is 132 Å². The Morgan fingerprint density at radius 2 is 1.24 bits per heavy atom. The van der Waals surface area contributed by atoms with Crippen molar-refractivity contribution in [3.8, 4) is 39.7 Å². The summed E-state index contributed by atoms with van der Waals surface area (Å²) in [6, 6.07) is 19.9. The summed E-state index contributed by atoms with van der Waals surface area (Å²) >= 11 is 0. The number of aliphatic hydroxyl groups excluding tert-OH is 3. The van der Waals surface area contributed by atoms with Crippen LogP contribution in [-0.4, -0.2) is 294 Å². The number of carbonyl (C=O) groups excluding carboxylic acids is 6. The molecule has 9 N–H and O–H groups in total. The highest BCUT2D eigenvalue weighted by molar-refractivity contribution is 6.00. The van der Waals surface area contributed by atoms with Gasteiger partial charge in [0, 0.05) is 84.8 Å². The predicted octanol–water partition coefficient (Wildman–Crippen LogP) is 4.76. The molecule has 0 radical (unpaired) electrons. The summed E-state index contributed by atoms with van der Waals surface area (Å²) < 4.78 is 108. The van der Waals surface area contributed by atoms with E-state index in [2.05, 4.69) is 31.6 Å². The van der Waals surface area contributed by atoms with Crippen LogP contribution in [0.5, 0.6) is 5.75 Å². The monoisotopic (exact) mass is 1850 g/mol. The molecule has 5 aliphatic rings. The molecular formula is C92H119FN10O29. The summed E-state index contributed by atoms with van der Waals surface area (Å²) in [4.78, 5) is 117. The third kappa shape index (κ3) is 26.1. The van der Waals surface area contributed by atoms with E-state index in [-0.39, 0.29) is 155 Å². The Hall–Kier alpha value is -10.5. The number of aliphatic hydroxyl groups is 4. The molecule has 7 heterocycles. The maximum atomic E-state index is 15.8. The largest absolute Gasteiger partial charge is 0.479 e. The third-order valence-corrected chi connectivity index (χ3v) is 23.0. The van der Waals surface area contributed by atoms with Crippen molar-refractivity contribution in [3.05, 3.63) is 145 Å². The highest BCUT2D eigenvalue weighted by atomic mass is 19.1. The van der Waals surface area contributed by atoms with E-state index in [1.165, 1.54) is 34.9 Å². The minimum absolute atomic E-state index is 0.0197. The molecule has 8 atom stereocenters. The number of nitrogens with zero attached hydrogens (tertiary/aromatic N) is 6. The van der Waals surface area contributed by atoms with Crippen molar-refractivity contribution in [1.82, 2.24) is 45.8 Å². The summed E-state index contributed by atoms with van der Waals surface area (Å²) in [6.07, 6.45) is -10.6. The van der Waals surface area contributed by atoms with Gasteiger partial charge in [0.15, 0.2) is 11.7 Å². The highest BCUT2D eigenvalue weighted by Crippen LogP contribution is 2.47. The first-order valence-corrected chi connectivity index (χ1v) is 44.6. The molecule has 1 saturated heterocycles. The van der Waals surface area contributed by atoms with Crippen LogP contribution in [0.2, 0.25) is 0 Å². The van der Waals surface area contributed by atoms with Gasteiger partial charge in [-0.1, -0.05) is 60.7 Å². The number of alkyl carbamates (subject to hydrolysis) is 1. The Morgan fingerprint density at radius 1 is 0.652 bits per heavy atom. The second kappa shape index (κ2) is 50.0. The zero-order valence-corrected chi connectivity index (χ0v) is 74.9. The molecule has 4 aromatic carbocycles. The fourth-order valence-electron chi connectivity index (χ4n) is 16.0. The van der Waals surface area contributed by atoms with Crippen LogP contribution in [-0.2, 0) is 145 Å². The van der Waals surface area contributed by atoms with Gasteiger partial charge in [-0.25, -0.2) is 28.4 Å². The highest BCUT2D eigenvalue weighted by Gasteiger charge is 2.49. The Labute approximate surface area is 761 Å². The molecule has 1 aliphatic carbocycles. The molecule has 718 valence electrons. The predicted molar refractivity (Wildman–Crippen MR) is 468 cm³/mol. The maximum Gasteiger partial charge on any atom is 0.407 e. The zero-order chi connectivity index (χ0) is 93.6. The van der Waals surface area contributed by atoms with Crippen molar-refractivity contribution >= 4 is 58.3 Å². The van der Waals surface area contributed by atoms with Gasteiger partial charge in [0.2, 0.25) is 29.9 Å². The molecule has 40 heteroatoms. The number of fused-ring (bicyclic) bond motifs is 10. The number of hydrogen-bond donors (Lipinski definition) is 9. The van der Waals surface area contributed by atoms with Crippen LogP contribution in [0.1, 0.15) is 128 Å². The van der Waals surface area contributed by atoms with Crippen LogP contribution in [0.3, 0.4) is 0 Å². The van der Waals surface area contributed by atoms with Crippen molar-refractivity contribution in [2.45, 2.75) is 166 Å². The number of halogens is 1. The van der Waals surface area contributed by atoms with Crippen molar-refractivity contribution in [1.29, 1.82) is 0 Å². The van der Waals surface area contributed by atoms with Crippen molar-refractivity contribution in [3.63, 3.8) is 0 Å². The molecule has 7 aromatic rings. The molecule has 3 aromatic heterocycles. The number of hydrogen-bond acceptors (Lipinski definition) is 31. The van der Waals surface area contributed by atoms with Gasteiger partial charge in [0.1, 0.15) is 54.8 Å². The summed E-state index contributed by atoms with van der Waals surface area (Å²) in [7, 11) is 1.62. The Balaban J connectivity index is 0.633. The molecule has 4 aliphatic heterocycles. The number of carboxylic acid groups (broad SMARTS) is 1. The van der Waals surface area contributed by atoms with E-state index in [0.717, 1.165) is 22.4 Å².